The molecule has 0 amide bonds. The zero-order valence-electron chi connectivity index (χ0n) is 16.9. The van der Waals surface area contributed by atoms with Crippen molar-refractivity contribution in [2.24, 2.45) is 0 Å². The number of sulfonamides is 1. The number of hydrogen-bond donors (Lipinski definition) is 0. The smallest absolute Gasteiger partial charge is 0.243 e. The van der Waals surface area contributed by atoms with Crippen LogP contribution in [0.3, 0.4) is 0 Å². The van der Waals surface area contributed by atoms with E-state index >= 15 is 0 Å². The van der Waals surface area contributed by atoms with Gasteiger partial charge in [0.05, 0.1) is 4.90 Å². The summed E-state index contributed by atoms with van der Waals surface area (Å²) in [5.74, 6) is 0. The highest BCUT2D eigenvalue weighted by Crippen LogP contribution is 2.42. The third-order valence-corrected chi connectivity index (χ3v) is 8.58. The van der Waals surface area contributed by atoms with E-state index in [2.05, 4.69) is 35.2 Å². The fourth-order valence-corrected chi connectivity index (χ4v) is 6.65. The van der Waals surface area contributed by atoms with Crippen molar-refractivity contribution < 1.29 is 8.42 Å². The van der Waals surface area contributed by atoms with Crippen molar-refractivity contribution in [2.75, 3.05) is 26.2 Å². The number of likely N-dealkylation sites (tertiary alicyclic amines) is 1. The van der Waals surface area contributed by atoms with Gasteiger partial charge < -0.3 is 0 Å². The predicted molar refractivity (Wildman–Crippen MR) is 113 cm³/mol. The van der Waals surface area contributed by atoms with Crippen LogP contribution in [0, 0.1) is 13.8 Å². The molecule has 4 rings (SSSR count). The summed E-state index contributed by atoms with van der Waals surface area (Å²) in [6, 6.07) is 16.3. The van der Waals surface area contributed by atoms with E-state index in [1.807, 2.05) is 26.0 Å². The second kappa shape index (κ2) is 7.62. The molecule has 2 aliphatic heterocycles. The minimum Gasteiger partial charge on any atom is -0.293 e. The van der Waals surface area contributed by atoms with Crippen LogP contribution in [0.25, 0.3) is 0 Å². The van der Waals surface area contributed by atoms with E-state index < -0.39 is 10.0 Å². The minimum absolute atomic E-state index is 0.0356. The van der Waals surface area contributed by atoms with E-state index in [9.17, 15) is 8.42 Å². The first kappa shape index (κ1) is 19.6. The zero-order valence-corrected chi connectivity index (χ0v) is 17.7. The molecule has 0 bridgehead atoms. The molecule has 0 radical (unpaired) electrons. The molecule has 5 heteroatoms. The summed E-state index contributed by atoms with van der Waals surface area (Å²) in [5, 5.41) is 0. The lowest BCUT2D eigenvalue weighted by Crippen LogP contribution is -2.53. The lowest BCUT2D eigenvalue weighted by atomic mass is 9.80. The van der Waals surface area contributed by atoms with Crippen LogP contribution in [-0.2, 0) is 15.6 Å². The van der Waals surface area contributed by atoms with Crippen LogP contribution in [0.5, 0.6) is 0 Å². The second-order valence-electron chi connectivity index (χ2n) is 8.26. The Bertz CT molecular complexity index is 926. The zero-order chi connectivity index (χ0) is 19.8. The van der Waals surface area contributed by atoms with E-state index in [-0.39, 0.29) is 5.54 Å². The number of aryl methyl sites for hydroxylation is 2. The van der Waals surface area contributed by atoms with Gasteiger partial charge in [-0.25, -0.2) is 8.42 Å². The highest BCUT2D eigenvalue weighted by Gasteiger charge is 2.44. The average Bonchev–Trinajstić information content (AvgIpc) is 3.24. The van der Waals surface area contributed by atoms with Crippen molar-refractivity contribution in [2.45, 2.75) is 50.0 Å². The molecule has 0 aromatic heterocycles. The van der Waals surface area contributed by atoms with Gasteiger partial charge in [0.25, 0.3) is 0 Å². The van der Waals surface area contributed by atoms with Crippen molar-refractivity contribution in [3.05, 3.63) is 65.2 Å². The summed E-state index contributed by atoms with van der Waals surface area (Å²) in [6.07, 6.45) is 4.17. The van der Waals surface area contributed by atoms with E-state index in [0.29, 0.717) is 18.0 Å². The van der Waals surface area contributed by atoms with Crippen molar-refractivity contribution in [3.63, 3.8) is 0 Å². The summed E-state index contributed by atoms with van der Waals surface area (Å²) in [4.78, 5) is 3.05. The van der Waals surface area contributed by atoms with Crippen molar-refractivity contribution in [1.82, 2.24) is 9.21 Å². The van der Waals surface area contributed by atoms with Gasteiger partial charge in [-0.15, -0.1) is 0 Å². The van der Waals surface area contributed by atoms with Crippen molar-refractivity contribution in [3.8, 4) is 0 Å². The molecular weight excluding hydrogens is 368 g/mol. The molecule has 0 N–H and O–H groups in total. The molecule has 0 atom stereocenters. The number of nitrogens with zero attached hydrogens (tertiary/aromatic N) is 2. The Hall–Kier alpha value is -1.69. The summed E-state index contributed by atoms with van der Waals surface area (Å²) in [5.41, 5.74) is 3.22. The number of rotatable bonds is 4. The second-order valence-corrected chi connectivity index (χ2v) is 10.2. The van der Waals surface area contributed by atoms with E-state index in [1.54, 1.807) is 10.4 Å². The molecule has 2 aromatic carbocycles. The Kier molecular flexibility index (Phi) is 5.34. The van der Waals surface area contributed by atoms with Gasteiger partial charge in [-0.1, -0.05) is 48.0 Å². The molecule has 2 fully saturated rings. The minimum atomic E-state index is -3.45. The average molecular weight is 399 g/mol. The van der Waals surface area contributed by atoms with Crippen LogP contribution < -0.4 is 0 Å². The summed E-state index contributed by atoms with van der Waals surface area (Å²) < 4.78 is 28.3. The number of piperidine rings is 1. The SMILES string of the molecule is Cc1ccc(S(=O)(=O)N2CCC(c3ccccc3)(N3CCCC3)CC2)c(C)c1. The van der Waals surface area contributed by atoms with Gasteiger partial charge in [0.2, 0.25) is 10.0 Å². The molecule has 150 valence electrons. The topological polar surface area (TPSA) is 40.6 Å². The fraction of sp³-hybridized carbons (Fsp3) is 0.478. The van der Waals surface area contributed by atoms with Crippen LogP contribution in [0.1, 0.15) is 42.4 Å². The van der Waals surface area contributed by atoms with Gasteiger partial charge in [0.15, 0.2) is 0 Å². The third-order valence-electron chi connectivity index (χ3n) is 6.52. The Balaban J connectivity index is 1.61. The van der Waals surface area contributed by atoms with Gasteiger partial charge in [0, 0.05) is 18.6 Å². The molecular formula is C23H30N2O2S. The summed E-state index contributed by atoms with van der Waals surface area (Å²) >= 11 is 0. The van der Waals surface area contributed by atoms with Gasteiger partial charge in [-0.2, -0.15) is 4.31 Å². The Morgan fingerprint density at radius 1 is 0.857 bits per heavy atom. The molecule has 2 saturated heterocycles. The van der Waals surface area contributed by atoms with Gasteiger partial charge in [-0.05, 0) is 69.8 Å². The lowest BCUT2D eigenvalue weighted by Gasteiger charge is -2.47. The van der Waals surface area contributed by atoms with Crippen molar-refractivity contribution >= 4 is 10.0 Å². The van der Waals surface area contributed by atoms with Crippen LogP contribution in [0.4, 0.5) is 0 Å². The monoisotopic (exact) mass is 398 g/mol. The molecule has 0 aliphatic carbocycles. The van der Waals surface area contributed by atoms with Gasteiger partial charge in [-0.3, -0.25) is 4.90 Å². The maximum atomic E-state index is 13.3. The molecule has 2 aliphatic rings. The largest absolute Gasteiger partial charge is 0.293 e. The van der Waals surface area contributed by atoms with Crippen molar-refractivity contribution in [1.29, 1.82) is 0 Å². The number of hydrogen-bond acceptors (Lipinski definition) is 3. The first-order valence-corrected chi connectivity index (χ1v) is 11.8. The first-order valence-electron chi connectivity index (χ1n) is 10.3. The van der Waals surface area contributed by atoms with Crippen LogP contribution >= 0.6 is 0 Å². The van der Waals surface area contributed by atoms with E-state index in [4.69, 9.17) is 0 Å². The molecule has 4 nitrogen and oxygen atoms in total. The van der Waals surface area contributed by atoms with E-state index in [1.165, 1.54) is 18.4 Å². The van der Waals surface area contributed by atoms with Crippen LogP contribution in [0.2, 0.25) is 0 Å². The third kappa shape index (κ3) is 3.40. The Morgan fingerprint density at radius 2 is 1.50 bits per heavy atom. The standard InChI is InChI=1S/C23H30N2O2S/c1-19-10-11-22(20(2)18-19)28(26,27)25-16-12-23(13-17-25,24-14-6-7-15-24)21-8-4-3-5-9-21/h3-5,8-11,18H,6-7,12-17H2,1-2H3. The summed E-state index contributed by atoms with van der Waals surface area (Å²) in [7, 11) is -3.45. The predicted octanol–water partition coefficient (Wildman–Crippen LogP) is 4.08. The molecule has 0 saturated carbocycles. The normalized spacial score (nSPS) is 21.1. The van der Waals surface area contributed by atoms with Crippen LogP contribution in [-0.4, -0.2) is 43.8 Å². The van der Waals surface area contributed by atoms with E-state index in [0.717, 1.165) is 37.1 Å². The molecule has 0 unspecified atom stereocenters. The highest BCUT2D eigenvalue weighted by atomic mass is 32.2. The molecule has 28 heavy (non-hydrogen) atoms. The number of benzene rings is 2. The quantitative estimate of drug-likeness (QED) is 0.779. The Morgan fingerprint density at radius 3 is 2.11 bits per heavy atom. The maximum absolute atomic E-state index is 13.3. The molecule has 2 aromatic rings. The van der Waals surface area contributed by atoms with Gasteiger partial charge in [0.1, 0.15) is 0 Å². The fourth-order valence-electron chi connectivity index (χ4n) is 5.01. The maximum Gasteiger partial charge on any atom is 0.243 e. The van der Waals surface area contributed by atoms with Crippen LogP contribution in [0.15, 0.2) is 53.4 Å². The summed E-state index contributed by atoms with van der Waals surface area (Å²) in [6.45, 7) is 7.25. The molecule has 0 spiro atoms. The lowest BCUT2D eigenvalue weighted by molar-refractivity contribution is 0.0572. The van der Waals surface area contributed by atoms with Gasteiger partial charge >= 0.3 is 0 Å². The Labute approximate surface area is 169 Å². The highest BCUT2D eigenvalue weighted by molar-refractivity contribution is 7.89. The first-order chi connectivity index (χ1) is 13.4. The molecule has 2 heterocycles.